The quantitative estimate of drug-likeness (QED) is 0.344. The van der Waals surface area contributed by atoms with Crippen LogP contribution in [-0.4, -0.2) is 35.9 Å². The van der Waals surface area contributed by atoms with Crippen molar-refractivity contribution >= 4 is 34.4 Å². The number of hydrogen-bond acceptors (Lipinski definition) is 3. The minimum atomic E-state index is -0.646. The molecule has 1 atom stereocenters. The van der Waals surface area contributed by atoms with Crippen molar-refractivity contribution < 1.29 is 14.3 Å². The van der Waals surface area contributed by atoms with Gasteiger partial charge < -0.3 is 15.0 Å². The first-order valence-corrected chi connectivity index (χ1v) is 12.2. The van der Waals surface area contributed by atoms with Gasteiger partial charge in [-0.05, 0) is 64.4 Å². The third kappa shape index (κ3) is 7.89. The number of carbonyl (C=O) groups is 2. The molecule has 0 unspecified atom stereocenters. The van der Waals surface area contributed by atoms with Crippen LogP contribution >= 0.6 is 22.6 Å². The second kappa shape index (κ2) is 13.0. The summed E-state index contributed by atoms with van der Waals surface area (Å²) < 4.78 is 6.87. The van der Waals surface area contributed by atoms with Crippen molar-refractivity contribution in [3.63, 3.8) is 0 Å². The number of ether oxygens (including phenoxy) is 1. The van der Waals surface area contributed by atoms with E-state index in [0.29, 0.717) is 25.3 Å². The van der Waals surface area contributed by atoms with Gasteiger partial charge in [0.25, 0.3) is 5.91 Å². The fourth-order valence-electron chi connectivity index (χ4n) is 3.46. The Morgan fingerprint density at radius 1 is 0.909 bits per heavy atom. The van der Waals surface area contributed by atoms with Gasteiger partial charge in [0.05, 0.1) is 0 Å². The average Bonchev–Trinajstić information content (AvgIpc) is 2.85. The number of nitrogens with one attached hydrogen (secondary N) is 1. The highest BCUT2D eigenvalue weighted by Crippen LogP contribution is 2.17. The molecule has 0 fully saturated rings. The molecule has 3 aromatic rings. The fourth-order valence-corrected chi connectivity index (χ4v) is 3.82. The molecule has 1 N–H and O–H groups in total. The molecule has 0 aromatic heterocycles. The molecule has 172 valence electrons. The molecular weight excluding hydrogens is 527 g/mol. The summed E-state index contributed by atoms with van der Waals surface area (Å²) in [4.78, 5) is 28.3. The summed E-state index contributed by atoms with van der Waals surface area (Å²) in [5, 5.41) is 2.98. The highest BCUT2D eigenvalue weighted by molar-refractivity contribution is 14.1. The number of benzene rings is 3. The van der Waals surface area contributed by atoms with Gasteiger partial charge in [0.2, 0.25) is 5.91 Å². The smallest absolute Gasteiger partial charge is 0.261 e. The molecule has 5 nitrogen and oxygen atoms in total. The van der Waals surface area contributed by atoms with Crippen LogP contribution in [0.3, 0.4) is 0 Å². The summed E-state index contributed by atoms with van der Waals surface area (Å²) in [7, 11) is 0. The number of carbonyl (C=O) groups excluding carboxylic acids is 2. The number of rotatable bonds is 11. The Labute approximate surface area is 209 Å². The van der Waals surface area contributed by atoms with E-state index in [9.17, 15) is 9.59 Å². The van der Waals surface area contributed by atoms with E-state index >= 15 is 0 Å². The Morgan fingerprint density at radius 2 is 1.52 bits per heavy atom. The predicted molar refractivity (Wildman–Crippen MR) is 139 cm³/mol. The first-order valence-electron chi connectivity index (χ1n) is 11.1. The Bertz CT molecular complexity index is 1010. The molecule has 6 heteroatoms. The molecule has 0 bridgehead atoms. The van der Waals surface area contributed by atoms with Gasteiger partial charge in [-0.2, -0.15) is 0 Å². The van der Waals surface area contributed by atoms with Crippen LogP contribution in [0.1, 0.15) is 24.5 Å². The van der Waals surface area contributed by atoms with Crippen molar-refractivity contribution in [3.05, 3.63) is 99.6 Å². The van der Waals surface area contributed by atoms with Crippen LogP contribution in [0, 0.1) is 3.57 Å². The lowest BCUT2D eigenvalue weighted by Gasteiger charge is -2.31. The van der Waals surface area contributed by atoms with E-state index in [1.165, 1.54) is 0 Å². The molecule has 0 aliphatic rings. The third-order valence-electron chi connectivity index (χ3n) is 5.19. The van der Waals surface area contributed by atoms with Gasteiger partial charge in [0, 0.05) is 23.1 Å². The summed E-state index contributed by atoms with van der Waals surface area (Å²) in [6.07, 6.45) is 1.25. The lowest BCUT2D eigenvalue weighted by molar-refractivity contribution is -0.142. The highest BCUT2D eigenvalue weighted by atomic mass is 127. The second-order valence-corrected chi connectivity index (χ2v) is 8.99. The maximum Gasteiger partial charge on any atom is 0.261 e. The molecular formula is C27H29IN2O3. The summed E-state index contributed by atoms with van der Waals surface area (Å²) in [5.41, 5.74) is 1.96. The molecule has 2 amide bonds. The van der Waals surface area contributed by atoms with Gasteiger partial charge in [-0.1, -0.05) is 67.6 Å². The van der Waals surface area contributed by atoms with Gasteiger partial charge >= 0.3 is 0 Å². The van der Waals surface area contributed by atoms with Gasteiger partial charge in [0.15, 0.2) is 6.61 Å². The van der Waals surface area contributed by atoms with Gasteiger partial charge in [-0.15, -0.1) is 0 Å². The van der Waals surface area contributed by atoms with Crippen molar-refractivity contribution in [2.24, 2.45) is 0 Å². The summed E-state index contributed by atoms with van der Waals surface area (Å²) in [6.45, 7) is 2.76. The molecule has 3 aromatic carbocycles. The second-order valence-electron chi connectivity index (χ2n) is 7.75. The minimum absolute atomic E-state index is 0.139. The van der Waals surface area contributed by atoms with Gasteiger partial charge in [-0.3, -0.25) is 9.59 Å². The van der Waals surface area contributed by atoms with Crippen molar-refractivity contribution in [1.29, 1.82) is 0 Å². The minimum Gasteiger partial charge on any atom is -0.484 e. The van der Waals surface area contributed by atoms with Crippen LogP contribution in [-0.2, 0) is 22.6 Å². The van der Waals surface area contributed by atoms with Gasteiger partial charge in [-0.25, -0.2) is 0 Å². The summed E-state index contributed by atoms with van der Waals surface area (Å²) >= 11 is 2.22. The molecule has 0 aliphatic heterocycles. The maximum atomic E-state index is 13.4. The molecule has 33 heavy (non-hydrogen) atoms. The van der Waals surface area contributed by atoms with E-state index in [4.69, 9.17) is 4.74 Å². The molecule has 3 rings (SSSR count). The van der Waals surface area contributed by atoms with E-state index in [0.717, 1.165) is 21.1 Å². The highest BCUT2D eigenvalue weighted by Gasteiger charge is 2.30. The monoisotopic (exact) mass is 556 g/mol. The lowest BCUT2D eigenvalue weighted by Crippen LogP contribution is -2.51. The van der Waals surface area contributed by atoms with Crippen molar-refractivity contribution in [1.82, 2.24) is 10.2 Å². The molecule has 0 saturated heterocycles. The van der Waals surface area contributed by atoms with Crippen LogP contribution in [0.4, 0.5) is 0 Å². The Morgan fingerprint density at radius 3 is 2.12 bits per heavy atom. The number of nitrogens with zero attached hydrogens (tertiary/aromatic N) is 1. The standard InChI is InChI=1S/C27H29IN2O3/c1-2-17-29-27(32)25(18-21-9-5-3-6-10-21)30(19-22-11-7-4-8-12-22)26(31)20-33-24-15-13-23(28)14-16-24/h3-16,25H,2,17-20H2,1H3,(H,29,32)/t25-/m0/s1. The summed E-state index contributed by atoms with van der Waals surface area (Å²) in [5.74, 6) is 0.239. The lowest BCUT2D eigenvalue weighted by atomic mass is 10.0. The van der Waals surface area contributed by atoms with Crippen molar-refractivity contribution in [2.75, 3.05) is 13.2 Å². The van der Waals surface area contributed by atoms with Crippen LogP contribution in [0.2, 0.25) is 0 Å². The maximum absolute atomic E-state index is 13.4. The Kier molecular flexibility index (Phi) is 9.75. The third-order valence-corrected chi connectivity index (χ3v) is 5.91. The van der Waals surface area contributed by atoms with E-state index in [1.807, 2.05) is 91.9 Å². The topological polar surface area (TPSA) is 58.6 Å². The fraction of sp³-hybridized carbons (Fsp3) is 0.259. The van der Waals surface area contributed by atoms with E-state index in [2.05, 4.69) is 27.9 Å². The molecule has 0 aliphatic carbocycles. The first-order chi connectivity index (χ1) is 16.1. The number of amides is 2. The summed E-state index contributed by atoms with van der Waals surface area (Å²) in [6, 6.07) is 26.4. The predicted octanol–water partition coefficient (Wildman–Crippen LogP) is 4.84. The van der Waals surface area contributed by atoms with Crippen LogP contribution < -0.4 is 10.1 Å². The van der Waals surface area contributed by atoms with E-state index in [1.54, 1.807) is 4.90 Å². The zero-order valence-corrected chi connectivity index (χ0v) is 20.9. The number of halogens is 1. The van der Waals surface area contributed by atoms with Gasteiger partial charge in [0.1, 0.15) is 11.8 Å². The Balaban J connectivity index is 1.85. The van der Waals surface area contributed by atoms with Crippen LogP contribution in [0.15, 0.2) is 84.9 Å². The molecule has 0 spiro atoms. The van der Waals surface area contributed by atoms with E-state index < -0.39 is 6.04 Å². The largest absolute Gasteiger partial charge is 0.484 e. The average molecular weight is 556 g/mol. The van der Waals surface area contributed by atoms with E-state index in [-0.39, 0.29) is 18.4 Å². The molecule has 0 saturated carbocycles. The first kappa shape index (κ1) is 24.8. The number of hydrogen-bond donors (Lipinski definition) is 1. The molecule has 0 heterocycles. The zero-order valence-electron chi connectivity index (χ0n) is 18.7. The van der Waals surface area contributed by atoms with Crippen LogP contribution in [0.5, 0.6) is 5.75 Å². The zero-order chi connectivity index (χ0) is 23.5. The van der Waals surface area contributed by atoms with Crippen molar-refractivity contribution in [2.45, 2.75) is 32.4 Å². The SMILES string of the molecule is CCCNC(=O)[C@H](Cc1ccccc1)N(Cc1ccccc1)C(=O)COc1ccc(I)cc1. The normalized spacial score (nSPS) is 11.5. The Hall–Kier alpha value is -2.87. The molecule has 0 radical (unpaired) electrons. The van der Waals surface area contributed by atoms with Crippen LogP contribution in [0.25, 0.3) is 0 Å². The van der Waals surface area contributed by atoms with Crippen molar-refractivity contribution in [3.8, 4) is 5.75 Å².